The average molecular weight is 358 g/mol. The molecule has 0 aliphatic heterocycles. The molecule has 132 valence electrons. The molecule has 28 heavy (non-hydrogen) atoms. The molecule has 0 heterocycles. The number of fused-ring (bicyclic) bond motifs is 2. The predicted molar refractivity (Wildman–Crippen MR) is 120 cm³/mol. The molecule has 1 heteroatoms. The fraction of sp³-hybridized carbons (Fsp3) is 0.0370. The summed E-state index contributed by atoms with van der Waals surface area (Å²) in [6.07, 6.45) is 0. The number of methoxy groups -OCH3 is 1. The van der Waals surface area contributed by atoms with Crippen molar-refractivity contribution in [3.8, 4) is 16.9 Å². The molecule has 0 radical (unpaired) electrons. The number of ether oxygens (including phenoxy) is 1. The molecule has 0 fully saturated rings. The molecule has 0 unspecified atom stereocenters. The molecular weight excluding hydrogens is 340 g/mol. The van der Waals surface area contributed by atoms with E-state index in [-0.39, 0.29) is 0 Å². The predicted octanol–water partition coefficient (Wildman–Crippen LogP) is 7.41. The maximum atomic E-state index is 5.36. The summed E-state index contributed by atoms with van der Waals surface area (Å²) >= 11 is 0. The van der Waals surface area contributed by atoms with Gasteiger partial charge in [-0.15, -0.1) is 0 Å². The molecule has 0 spiro atoms. The minimum atomic E-state index is 0.881. The van der Waals surface area contributed by atoms with Gasteiger partial charge in [0, 0.05) is 0 Å². The summed E-state index contributed by atoms with van der Waals surface area (Å²) in [7, 11) is 1.71. The van der Waals surface area contributed by atoms with E-state index in [1.54, 1.807) is 7.11 Å². The second kappa shape index (κ2) is 5.71. The van der Waals surface area contributed by atoms with Gasteiger partial charge in [0.25, 0.3) is 0 Å². The Kier molecular flexibility index (Phi) is 3.15. The topological polar surface area (TPSA) is 9.23 Å². The zero-order valence-corrected chi connectivity index (χ0v) is 15.6. The smallest absolute Gasteiger partial charge is 0.118 e. The number of hydrogen-bond donors (Lipinski definition) is 0. The van der Waals surface area contributed by atoms with Gasteiger partial charge in [-0.3, -0.25) is 0 Å². The summed E-state index contributed by atoms with van der Waals surface area (Å²) in [6, 6.07) is 32.8. The van der Waals surface area contributed by atoms with E-state index in [0.29, 0.717) is 0 Å². The van der Waals surface area contributed by atoms with Crippen LogP contribution in [0.25, 0.3) is 54.2 Å². The fourth-order valence-corrected chi connectivity index (χ4v) is 4.67. The first-order chi connectivity index (χ1) is 13.8. The number of hydrogen-bond acceptors (Lipinski definition) is 1. The van der Waals surface area contributed by atoms with Crippen molar-refractivity contribution in [2.45, 2.75) is 0 Å². The van der Waals surface area contributed by atoms with Crippen LogP contribution in [0.15, 0.2) is 91.0 Å². The summed E-state index contributed by atoms with van der Waals surface area (Å²) < 4.78 is 5.36. The fourth-order valence-electron chi connectivity index (χ4n) is 4.67. The van der Waals surface area contributed by atoms with Crippen LogP contribution in [0.2, 0.25) is 0 Å². The molecule has 0 N–H and O–H groups in total. The molecule has 0 aliphatic carbocycles. The minimum Gasteiger partial charge on any atom is -0.497 e. The zero-order chi connectivity index (χ0) is 18.7. The number of benzene rings is 6. The normalized spacial score (nSPS) is 11.8. The van der Waals surface area contributed by atoms with E-state index in [9.17, 15) is 0 Å². The van der Waals surface area contributed by atoms with Crippen molar-refractivity contribution in [2.24, 2.45) is 0 Å². The molecule has 6 aromatic rings. The van der Waals surface area contributed by atoms with Crippen molar-refractivity contribution >= 4 is 43.1 Å². The molecule has 0 saturated carbocycles. The molecule has 0 aromatic heterocycles. The van der Waals surface area contributed by atoms with Crippen LogP contribution in [0, 0.1) is 0 Å². The number of rotatable bonds is 2. The Hall–Kier alpha value is -3.58. The first-order valence-electron chi connectivity index (χ1n) is 9.58. The zero-order valence-electron chi connectivity index (χ0n) is 15.6. The Morgan fingerprint density at radius 1 is 0.500 bits per heavy atom. The molecule has 0 aliphatic rings. The monoisotopic (exact) mass is 358 g/mol. The summed E-state index contributed by atoms with van der Waals surface area (Å²) in [4.78, 5) is 0. The molecule has 1 nitrogen and oxygen atoms in total. The minimum absolute atomic E-state index is 0.881. The molecule has 0 bridgehead atoms. The van der Waals surface area contributed by atoms with E-state index in [2.05, 4.69) is 78.9 Å². The Morgan fingerprint density at radius 3 is 1.79 bits per heavy atom. The average Bonchev–Trinajstić information content (AvgIpc) is 2.77. The third kappa shape index (κ3) is 2.02. The molecule has 6 aromatic carbocycles. The van der Waals surface area contributed by atoms with Crippen molar-refractivity contribution < 1.29 is 4.74 Å². The highest BCUT2D eigenvalue weighted by Crippen LogP contribution is 2.44. The molecule has 0 atom stereocenters. The van der Waals surface area contributed by atoms with E-state index >= 15 is 0 Å². The summed E-state index contributed by atoms with van der Waals surface area (Å²) in [6.45, 7) is 0. The quantitative estimate of drug-likeness (QED) is 0.231. The van der Waals surface area contributed by atoms with Gasteiger partial charge in [0.2, 0.25) is 0 Å². The van der Waals surface area contributed by atoms with Crippen LogP contribution >= 0.6 is 0 Å². The third-order valence-electron chi connectivity index (χ3n) is 5.91. The lowest BCUT2D eigenvalue weighted by Gasteiger charge is -2.17. The van der Waals surface area contributed by atoms with E-state index < -0.39 is 0 Å². The van der Waals surface area contributed by atoms with Crippen LogP contribution in [0.3, 0.4) is 0 Å². The van der Waals surface area contributed by atoms with Gasteiger partial charge in [-0.25, -0.2) is 0 Å². The Balaban J connectivity index is 1.87. The largest absolute Gasteiger partial charge is 0.497 e. The maximum Gasteiger partial charge on any atom is 0.118 e. The van der Waals surface area contributed by atoms with Gasteiger partial charge in [0.15, 0.2) is 0 Å². The lowest BCUT2D eigenvalue weighted by Crippen LogP contribution is -1.90. The first kappa shape index (κ1) is 15.5. The Morgan fingerprint density at radius 2 is 1.11 bits per heavy atom. The van der Waals surface area contributed by atoms with Crippen LogP contribution in [0.4, 0.5) is 0 Å². The highest BCUT2D eigenvalue weighted by Gasteiger charge is 2.15. The van der Waals surface area contributed by atoms with Crippen LogP contribution in [0.1, 0.15) is 0 Å². The second-order valence-electron chi connectivity index (χ2n) is 7.33. The summed E-state index contributed by atoms with van der Waals surface area (Å²) in [5.74, 6) is 0.881. The Labute approximate surface area is 163 Å². The van der Waals surface area contributed by atoms with Crippen LogP contribution in [0.5, 0.6) is 5.75 Å². The molecule has 0 saturated heterocycles. The van der Waals surface area contributed by atoms with Crippen molar-refractivity contribution in [1.29, 1.82) is 0 Å². The lowest BCUT2D eigenvalue weighted by molar-refractivity contribution is 0.415. The highest BCUT2D eigenvalue weighted by atomic mass is 16.5. The summed E-state index contributed by atoms with van der Waals surface area (Å²) in [5, 5.41) is 10.6. The van der Waals surface area contributed by atoms with Gasteiger partial charge in [-0.1, -0.05) is 78.9 Å². The summed E-state index contributed by atoms with van der Waals surface area (Å²) in [5.41, 5.74) is 2.48. The molecular formula is C27H18O. The van der Waals surface area contributed by atoms with Crippen LogP contribution in [-0.2, 0) is 0 Å². The van der Waals surface area contributed by atoms with Crippen molar-refractivity contribution in [3.63, 3.8) is 0 Å². The van der Waals surface area contributed by atoms with Gasteiger partial charge in [-0.05, 0) is 66.3 Å². The Bertz CT molecular complexity index is 1470. The first-order valence-corrected chi connectivity index (χ1v) is 9.58. The van der Waals surface area contributed by atoms with Crippen molar-refractivity contribution in [1.82, 2.24) is 0 Å². The van der Waals surface area contributed by atoms with E-state index in [4.69, 9.17) is 4.74 Å². The van der Waals surface area contributed by atoms with Gasteiger partial charge < -0.3 is 4.74 Å². The van der Waals surface area contributed by atoms with Crippen LogP contribution < -0.4 is 4.74 Å². The van der Waals surface area contributed by atoms with Gasteiger partial charge in [0.05, 0.1) is 7.11 Å². The molecule has 0 amide bonds. The molecule has 6 rings (SSSR count). The lowest BCUT2D eigenvalue weighted by atomic mass is 9.86. The second-order valence-corrected chi connectivity index (χ2v) is 7.33. The van der Waals surface area contributed by atoms with Gasteiger partial charge in [-0.2, -0.15) is 0 Å². The maximum absolute atomic E-state index is 5.36. The van der Waals surface area contributed by atoms with E-state index in [1.807, 2.05) is 12.1 Å². The van der Waals surface area contributed by atoms with Crippen LogP contribution in [-0.4, -0.2) is 7.11 Å². The van der Waals surface area contributed by atoms with Crippen molar-refractivity contribution in [2.75, 3.05) is 7.11 Å². The standard InChI is InChI=1S/C27H18O/c1-28-20-14-11-17(12-15-20)21-16-13-19-7-3-9-23-22-8-2-5-18-6-4-10-24(25(18)22)27(21)26(19)23/h2-16H,1H3. The van der Waals surface area contributed by atoms with Gasteiger partial charge >= 0.3 is 0 Å². The van der Waals surface area contributed by atoms with E-state index in [0.717, 1.165) is 5.75 Å². The van der Waals surface area contributed by atoms with Gasteiger partial charge in [0.1, 0.15) is 5.75 Å². The van der Waals surface area contributed by atoms with Crippen molar-refractivity contribution in [3.05, 3.63) is 91.0 Å². The third-order valence-corrected chi connectivity index (χ3v) is 5.91. The van der Waals surface area contributed by atoms with E-state index in [1.165, 1.54) is 54.2 Å². The highest BCUT2D eigenvalue weighted by molar-refractivity contribution is 6.35. The SMILES string of the molecule is COc1ccc(-c2ccc3cccc4c5cccc6cccc(c2c34)c65)cc1.